The Morgan fingerprint density at radius 3 is 2.89 bits per heavy atom. The zero-order chi connectivity index (χ0) is 13.7. The third-order valence-electron chi connectivity index (χ3n) is 3.70. The van der Waals surface area contributed by atoms with Gasteiger partial charge in [0, 0.05) is 11.7 Å². The third kappa shape index (κ3) is 3.57. The molecule has 2 N–H and O–H groups in total. The number of carbonyl (C=O) groups excluding carboxylic acids is 1. The SMILES string of the molecule is CCCCCC(NCC)c1ccc2c(c1)CC(=O)N2. The Balaban J connectivity index is 2.09. The minimum Gasteiger partial charge on any atom is -0.326 e. The molecule has 0 fully saturated rings. The van der Waals surface area contributed by atoms with E-state index in [1.54, 1.807) is 0 Å². The van der Waals surface area contributed by atoms with E-state index >= 15 is 0 Å². The highest BCUT2D eigenvalue weighted by molar-refractivity contribution is 5.99. The molecule has 1 heterocycles. The fraction of sp³-hybridized carbons (Fsp3) is 0.562. The highest BCUT2D eigenvalue weighted by atomic mass is 16.1. The Morgan fingerprint density at radius 2 is 2.16 bits per heavy atom. The number of anilines is 1. The number of nitrogens with one attached hydrogen (secondary N) is 2. The van der Waals surface area contributed by atoms with Crippen molar-refractivity contribution in [2.45, 2.75) is 52.0 Å². The fourth-order valence-electron chi connectivity index (χ4n) is 2.70. The number of rotatable bonds is 7. The minimum absolute atomic E-state index is 0.109. The predicted octanol–water partition coefficient (Wildman–Crippen LogP) is 3.41. The molecule has 0 bridgehead atoms. The molecule has 1 aromatic rings. The summed E-state index contributed by atoms with van der Waals surface area (Å²) in [4.78, 5) is 11.4. The molecule has 3 nitrogen and oxygen atoms in total. The molecule has 1 atom stereocenters. The van der Waals surface area contributed by atoms with Crippen molar-refractivity contribution in [2.75, 3.05) is 11.9 Å². The van der Waals surface area contributed by atoms with Crippen molar-refractivity contribution in [3.8, 4) is 0 Å². The molecule has 0 radical (unpaired) electrons. The maximum atomic E-state index is 11.4. The number of fused-ring (bicyclic) bond motifs is 1. The smallest absolute Gasteiger partial charge is 0.228 e. The average Bonchev–Trinajstić information content (AvgIpc) is 2.77. The second-order valence-electron chi connectivity index (χ2n) is 5.25. The van der Waals surface area contributed by atoms with Crippen molar-refractivity contribution in [3.63, 3.8) is 0 Å². The lowest BCUT2D eigenvalue weighted by molar-refractivity contribution is -0.115. The third-order valence-corrected chi connectivity index (χ3v) is 3.70. The number of carbonyl (C=O) groups is 1. The first-order chi connectivity index (χ1) is 9.24. The van der Waals surface area contributed by atoms with Crippen molar-refractivity contribution in [1.29, 1.82) is 0 Å². The van der Waals surface area contributed by atoms with Gasteiger partial charge in [-0.2, -0.15) is 0 Å². The summed E-state index contributed by atoms with van der Waals surface area (Å²) < 4.78 is 0. The van der Waals surface area contributed by atoms with E-state index in [1.807, 2.05) is 6.07 Å². The van der Waals surface area contributed by atoms with E-state index in [2.05, 4.69) is 36.6 Å². The maximum Gasteiger partial charge on any atom is 0.228 e. The molecule has 0 aromatic heterocycles. The average molecular weight is 260 g/mol. The first-order valence-electron chi connectivity index (χ1n) is 7.40. The summed E-state index contributed by atoms with van der Waals surface area (Å²) in [6.07, 6.45) is 5.48. The van der Waals surface area contributed by atoms with Crippen LogP contribution in [0.2, 0.25) is 0 Å². The Bertz CT molecular complexity index is 442. The van der Waals surface area contributed by atoms with Crippen molar-refractivity contribution < 1.29 is 4.79 Å². The van der Waals surface area contributed by atoms with Gasteiger partial charge in [-0.15, -0.1) is 0 Å². The minimum atomic E-state index is 0.109. The summed E-state index contributed by atoms with van der Waals surface area (Å²) in [5.74, 6) is 0.109. The molecule has 1 aromatic carbocycles. The lowest BCUT2D eigenvalue weighted by Gasteiger charge is -2.19. The lowest BCUT2D eigenvalue weighted by atomic mass is 9.97. The van der Waals surface area contributed by atoms with Crippen LogP contribution in [0.25, 0.3) is 0 Å². The molecule has 19 heavy (non-hydrogen) atoms. The monoisotopic (exact) mass is 260 g/mol. The highest BCUT2D eigenvalue weighted by Crippen LogP contribution is 2.28. The molecule has 0 saturated carbocycles. The largest absolute Gasteiger partial charge is 0.326 e. The Kier molecular flexibility index (Phi) is 4.97. The molecule has 1 amide bonds. The van der Waals surface area contributed by atoms with Gasteiger partial charge in [-0.05, 0) is 30.2 Å². The Hall–Kier alpha value is -1.35. The second kappa shape index (κ2) is 6.71. The molecule has 1 aliphatic heterocycles. The quantitative estimate of drug-likeness (QED) is 0.738. The van der Waals surface area contributed by atoms with Gasteiger partial charge < -0.3 is 10.6 Å². The van der Waals surface area contributed by atoms with Crippen LogP contribution in [0, 0.1) is 0 Å². The Labute approximate surface area is 115 Å². The van der Waals surface area contributed by atoms with E-state index in [1.165, 1.54) is 31.2 Å². The zero-order valence-corrected chi connectivity index (χ0v) is 12.0. The zero-order valence-electron chi connectivity index (χ0n) is 12.0. The first-order valence-corrected chi connectivity index (χ1v) is 7.40. The van der Waals surface area contributed by atoms with Crippen molar-refractivity contribution in [1.82, 2.24) is 5.32 Å². The number of amides is 1. The van der Waals surface area contributed by atoms with Crippen molar-refractivity contribution >= 4 is 11.6 Å². The maximum absolute atomic E-state index is 11.4. The van der Waals surface area contributed by atoms with Crippen LogP contribution in [-0.2, 0) is 11.2 Å². The van der Waals surface area contributed by atoms with E-state index in [0.717, 1.165) is 17.8 Å². The first kappa shape index (κ1) is 14.1. The van der Waals surface area contributed by atoms with Crippen LogP contribution < -0.4 is 10.6 Å². The number of hydrogen-bond acceptors (Lipinski definition) is 2. The van der Waals surface area contributed by atoms with Crippen LogP contribution >= 0.6 is 0 Å². The molecule has 0 aliphatic carbocycles. The van der Waals surface area contributed by atoms with E-state index < -0.39 is 0 Å². The lowest BCUT2D eigenvalue weighted by Crippen LogP contribution is -2.21. The molecule has 0 spiro atoms. The topological polar surface area (TPSA) is 41.1 Å². The van der Waals surface area contributed by atoms with Crippen molar-refractivity contribution in [2.24, 2.45) is 0 Å². The number of unbranched alkanes of at least 4 members (excludes halogenated alkanes) is 2. The summed E-state index contributed by atoms with van der Waals surface area (Å²) >= 11 is 0. The van der Waals surface area contributed by atoms with E-state index in [9.17, 15) is 4.79 Å². The van der Waals surface area contributed by atoms with Crippen LogP contribution in [0.3, 0.4) is 0 Å². The van der Waals surface area contributed by atoms with Gasteiger partial charge in [0.15, 0.2) is 0 Å². The van der Waals surface area contributed by atoms with E-state index in [4.69, 9.17) is 0 Å². The normalized spacial score (nSPS) is 15.2. The summed E-state index contributed by atoms with van der Waals surface area (Å²) in [6, 6.07) is 6.79. The van der Waals surface area contributed by atoms with Crippen LogP contribution in [0.4, 0.5) is 5.69 Å². The molecular formula is C16H24N2O. The van der Waals surface area contributed by atoms with Crippen LogP contribution in [0.5, 0.6) is 0 Å². The molecule has 1 aliphatic rings. The van der Waals surface area contributed by atoms with E-state index in [-0.39, 0.29) is 5.91 Å². The Morgan fingerprint density at radius 1 is 1.32 bits per heavy atom. The van der Waals surface area contributed by atoms with Crippen molar-refractivity contribution in [3.05, 3.63) is 29.3 Å². The molecular weight excluding hydrogens is 236 g/mol. The number of benzene rings is 1. The molecule has 0 saturated heterocycles. The summed E-state index contributed by atoms with van der Waals surface area (Å²) in [5.41, 5.74) is 3.44. The van der Waals surface area contributed by atoms with Gasteiger partial charge in [-0.3, -0.25) is 4.79 Å². The molecule has 1 unspecified atom stereocenters. The van der Waals surface area contributed by atoms with Crippen LogP contribution in [0.15, 0.2) is 18.2 Å². The van der Waals surface area contributed by atoms with Gasteiger partial charge in [0.1, 0.15) is 0 Å². The van der Waals surface area contributed by atoms with Gasteiger partial charge in [-0.25, -0.2) is 0 Å². The molecule has 104 valence electrons. The number of hydrogen-bond donors (Lipinski definition) is 2. The summed E-state index contributed by atoms with van der Waals surface area (Å²) in [7, 11) is 0. The summed E-state index contributed by atoms with van der Waals surface area (Å²) in [6.45, 7) is 5.35. The van der Waals surface area contributed by atoms with Gasteiger partial charge in [0.2, 0.25) is 5.91 Å². The van der Waals surface area contributed by atoms with Gasteiger partial charge >= 0.3 is 0 Å². The van der Waals surface area contributed by atoms with Gasteiger partial charge in [-0.1, -0.05) is 45.2 Å². The van der Waals surface area contributed by atoms with Crippen LogP contribution in [-0.4, -0.2) is 12.5 Å². The summed E-state index contributed by atoms with van der Waals surface area (Å²) in [5, 5.41) is 6.44. The molecule has 3 heteroatoms. The van der Waals surface area contributed by atoms with Gasteiger partial charge in [0.25, 0.3) is 0 Å². The predicted molar refractivity (Wildman–Crippen MR) is 79.3 cm³/mol. The van der Waals surface area contributed by atoms with Gasteiger partial charge in [0.05, 0.1) is 6.42 Å². The van der Waals surface area contributed by atoms with E-state index in [0.29, 0.717) is 12.5 Å². The second-order valence-corrected chi connectivity index (χ2v) is 5.25. The standard InChI is InChI=1S/C16H24N2O/c1-3-5-6-7-14(17-4-2)12-8-9-15-13(10-12)11-16(19)18-15/h8-10,14,17H,3-7,11H2,1-2H3,(H,18,19). The molecule has 2 rings (SSSR count). The fourth-order valence-corrected chi connectivity index (χ4v) is 2.70. The van der Waals surface area contributed by atoms with Crippen LogP contribution in [0.1, 0.15) is 56.7 Å². The highest BCUT2D eigenvalue weighted by Gasteiger charge is 2.19.